The molecule has 0 spiro atoms. The first kappa shape index (κ1) is 22.7. The number of rotatable bonds is 5. The molecule has 166 valence electrons. The largest absolute Gasteiger partial charge is 0.491 e. The summed E-state index contributed by atoms with van der Waals surface area (Å²) in [5, 5.41) is 6.66. The number of carbonyl (C=O) groups excluding carboxylic acids is 2. The quantitative estimate of drug-likeness (QED) is 0.296. The number of methoxy groups -OCH3 is 1. The van der Waals surface area contributed by atoms with Gasteiger partial charge in [0.1, 0.15) is 5.56 Å². The van der Waals surface area contributed by atoms with Crippen LogP contribution in [0.4, 0.5) is 28.9 Å². The molecule has 0 unspecified atom stereocenters. The molecule has 0 aliphatic carbocycles. The lowest BCUT2D eigenvalue weighted by molar-refractivity contribution is 0.0964. The lowest BCUT2D eigenvalue weighted by Gasteiger charge is -2.13. The van der Waals surface area contributed by atoms with Gasteiger partial charge in [-0.25, -0.2) is 8.78 Å². The number of hydrogen-bond acceptors (Lipinski definition) is 5. The third-order valence-electron chi connectivity index (χ3n) is 4.03. The summed E-state index contributed by atoms with van der Waals surface area (Å²) in [6.07, 6.45) is 1.35. The maximum absolute atomic E-state index is 14.0. The van der Waals surface area contributed by atoms with E-state index < -0.39 is 51.5 Å². The monoisotopic (exact) mass is 467 g/mol. The molecule has 0 aliphatic rings. The molecule has 3 N–H and O–H groups in total. The number of furan rings is 1. The van der Waals surface area contributed by atoms with Crippen molar-refractivity contribution in [3.63, 3.8) is 0 Å². The molecule has 1 heterocycles. The van der Waals surface area contributed by atoms with Gasteiger partial charge >= 0.3 is 0 Å². The van der Waals surface area contributed by atoms with Crippen LogP contribution in [-0.2, 0) is 0 Å². The zero-order chi connectivity index (χ0) is 23.4. The summed E-state index contributed by atoms with van der Waals surface area (Å²) in [5.74, 6) is -10.7. The minimum Gasteiger partial charge on any atom is -0.491 e. The molecule has 0 bridgehead atoms. The van der Waals surface area contributed by atoms with Gasteiger partial charge in [0.15, 0.2) is 28.3 Å². The molecule has 0 saturated heterocycles. The van der Waals surface area contributed by atoms with E-state index in [0.29, 0.717) is 11.4 Å². The van der Waals surface area contributed by atoms with Crippen LogP contribution in [0.2, 0.25) is 0 Å². The Labute approximate surface area is 183 Å². The second-order valence-electron chi connectivity index (χ2n) is 6.08. The minimum absolute atomic E-state index is 0.113. The Hall–Kier alpha value is -3.93. The van der Waals surface area contributed by atoms with Crippen LogP contribution < -0.4 is 20.7 Å². The lowest BCUT2D eigenvalue weighted by atomic mass is 10.1. The molecule has 3 aromatic rings. The first-order valence-electron chi connectivity index (χ1n) is 8.70. The maximum atomic E-state index is 14.0. The number of amides is 2. The highest BCUT2D eigenvalue weighted by Gasteiger charge is 2.30. The van der Waals surface area contributed by atoms with Crippen LogP contribution in [-0.4, -0.2) is 24.0 Å². The normalized spacial score (nSPS) is 10.4. The number of benzene rings is 2. The van der Waals surface area contributed by atoms with E-state index in [9.17, 15) is 27.2 Å². The van der Waals surface area contributed by atoms with Crippen LogP contribution >= 0.6 is 12.2 Å². The van der Waals surface area contributed by atoms with Gasteiger partial charge in [-0.3, -0.25) is 14.9 Å². The first-order valence-corrected chi connectivity index (χ1v) is 9.11. The topological polar surface area (TPSA) is 92.6 Å². The second-order valence-corrected chi connectivity index (χ2v) is 6.49. The van der Waals surface area contributed by atoms with Gasteiger partial charge < -0.3 is 19.8 Å². The summed E-state index contributed by atoms with van der Waals surface area (Å²) in [7, 11) is 0.812. The molecule has 32 heavy (non-hydrogen) atoms. The van der Waals surface area contributed by atoms with Crippen molar-refractivity contribution in [1.29, 1.82) is 0 Å². The van der Waals surface area contributed by atoms with Crippen molar-refractivity contribution in [3.05, 3.63) is 77.3 Å². The average Bonchev–Trinajstić information content (AvgIpc) is 3.29. The number of thiocarbonyl (C=S) groups is 1. The highest BCUT2D eigenvalue weighted by atomic mass is 32.1. The number of anilines is 2. The van der Waals surface area contributed by atoms with Crippen LogP contribution in [0.1, 0.15) is 20.9 Å². The van der Waals surface area contributed by atoms with Crippen molar-refractivity contribution in [1.82, 2.24) is 5.32 Å². The van der Waals surface area contributed by atoms with Gasteiger partial charge in [0.25, 0.3) is 11.8 Å². The molecular weight excluding hydrogens is 454 g/mol. The van der Waals surface area contributed by atoms with Gasteiger partial charge in [-0.15, -0.1) is 0 Å². The van der Waals surface area contributed by atoms with Gasteiger partial charge in [0.2, 0.25) is 11.6 Å². The predicted octanol–water partition coefficient (Wildman–Crippen LogP) is 4.22. The summed E-state index contributed by atoms with van der Waals surface area (Å²) in [6.45, 7) is 0. The summed E-state index contributed by atoms with van der Waals surface area (Å²) >= 11 is 4.89. The van der Waals surface area contributed by atoms with E-state index in [1.54, 1.807) is 6.07 Å². The minimum atomic E-state index is -1.93. The molecule has 0 atom stereocenters. The van der Waals surface area contributed by atoms with E-state index in [-0.39, 0.29) is 5.76 Å². The van der Waals surface area contributed by atoms with Crippen molar-refractivity contribution >= 4 is 40.5 Å². The fourth-order valence-corrected chi connectivity index (χ4v) is 2.77. The predicted molar refractivity (Wildman–Crippen MR) is 110 cm³/mol. The molecule has 2 aromatic carbocycles. The van der Waals surface area contributed by atoms with Gasteiger partial charge in [-0.2, -0.15) is 8.78 Å². The Morgan fingerprint density at radius 3 is 1.94 bits per heavy atom. The molecule has 1 aromatic heterocycles. The van der Waals surface area contributed by atoms with Crippen molar-refractivity contribution in [2.24, 2.45) is 0 Å². The summed E-state index contributed by atoms with van der Waals surface area (Å²) in [4.78, 5) is 24.1. The van der Waals surface area contributed by atoms with E-state index in [4.69, 9.17) is 16.6 Å². The van der Waals surface area contributed by atoms with Crippen LogP contribution in [0.15, 0.2) is 47.1 Å². The fourth-order valence-electron chi connectivity index (χ4n) is 2.56. The SMILES string of the molecule is COc1c(F)c(F)c(C(=O)NC(=S)Nc2ccc(NC(=O)c3ccco3)cc2)c(F)c1F. The number of carbonyl (C=O) groups is 2. The summed E-state index contributed by atoms with van der Waals surface area (Å²) < 4.78 is 64.9. The second kappa shape index (κ2) is 9.47. The smallest absolute Gasteiger partial charge is 0.291 e. The van der Waals surface area contributed by atoms with E-state index in [2.05, 4.69) is 15.4 Å². The van der Waals surface area contributed by atoms with Gasteiger partial charge in [0.05, 0.1) is 13.4 Å². The molecule has 0 saturated carbocycles. The van der Waals surface area contributed by atoms with Crippen LogP contribution in [0, 0.1) is 23.3 Å². The Morgan fingerprint density at radius 1 is 0.875 bits per heavy atom. The molecule has 12 heteroatoms. The molecular formula is C20H13F4N3O4S. The van der Waals surface area contributed by atoms with E-state index in [0.717, 1.165) is 7.11 Å². The molecule has 2 amide bonds. The molecule has 0 radical (unpaired) electrons. The third-order valence-corrected chi connectivity index (χ3v) is 4.23. The molecule has 3 rings (SSSR count). The van der Waals surface area contributed by atoms with E-state index in [1.807, 2.05) is 5.32 Å². The van der Waals surface area contributed by atoms with Gasteiger partial charge in [-0.05, 0) is 48.6 Å². The Morgan fingerprint density at radius 2 is 1.44 bits per heavy atom. The Bertz CT molecular complexity index is 1160. The highest BCUT2D eigenvalue weighted by molar-refractivity contribution is 7.80. The van der Waals surface area contributed by atoms with Crippen molar-refractivity contribution in [3.8, 4) is 5.75 Å². The van der Waals surface area contributed by atoms with E-state index in [1.165, 1.54) is 36.6 Å². The van der Waals surface area contributed by atoms with Gasteiger partial charge in [-0.1, -0.05) is 0 Å². The molecule has 7 nitrogen and oxygen atoms in total. The van der Waals surface area contributed by atoms with Crippen molar-refractivity contribution < 1.29 is 36.3 Å². The van der Waals surface area contributed by atoms with Crippen molar-refractivity contribution in [2.45, 2.75) is 0 Å². The third kappa shape index (κ3) is 4.70. The summed E-state index contributed by atoms with van der Waals surface area (Å²) in [5.41, 5.74) is -0.750. The van der Waals surface area contributed by atoms with Crippen molar-refractivity contribution in [2.75, 3.05) is 17.7 Å². The first-order chi connectivity index (χ1) is 15.2. The number of nitrogens with one attached hydrogen (secondary N) is 3. The molecule has 0 fully saturated rings. The summed E-state index contributed by atoms with van der Waals surface area (Å²) in [6, 6.07) is 9.00. The standard InChI is InChI=1S/C20H13F4N3O4S/c1-30-17-15(23)13(21)12(14(22)16(17)24)19(29)27-20(32)26-10-6-4-9(5-7-10)25-18(28)11-3-2-8-31-11/h2-8H,1H3,(H,25,28)(H2,26,27,29,32). The molecule has 0 aliphatic heterocycles. The Kier molecular flexibility index (Phi) is 6.73. The fraction of sp³-hybridized carbons (Fsp3) is 0.0500. The van der Waals surface area contributed by atoms with Crippen LogP contribution in [0.5, 0.6) is 5.75 Å². The highest BCUT2D eigenvalue weighted by Crippen LogP contribution is 2.29. The zero-order valence-electron chi connectivity index (χ0n) is 16.1. The lowest BCUT2D eigenvalue weighted by Crippen LogP contribution is -2.35. The number of ether oxygens (including phenoxy) is 1. The zero-order valence-corrected chi connectivity index (χ0v) is 16.9. The maximum Gasteiger partial charge on any atom is 0.291 e. The van der Waals surface area contributed by atoms with Crippen LogP contribution in [0.25, 0.3) is 0 Å². The average molecular weight is 467 g/mol. The number of hydrogen-bond donors (Lipinski definition) is 3. The Balaban J connectivity index is 1.66. The van der Waals surface area contributed by atoms with Crippen LogP contribution in [0.3, 0.4) is 0 Å². The van der Waals surface area contributed by atoms with E-state index >= 15 is 0 Å². The number of halogens is 4. The van der Waals surface area contributed by atoms with Gasteiger partial charge in [0, 0.05) is 11.4 Å².